The van der Waals surface area contributed by atoms with Gasteiger partial charge >= 0.3 is 0 Å². The molecule has 0 aliphatic carbocycles. The Morgan fingerprint density at radius 1 is 1.05 bits per heavy atom. The van der Waals surface area contributed by atoms with E-state index in [-0.39, 0.29) is 51.9 Å². The topological polar surface area (TPSA) is 203 Å². The largest absolute Gasteiger partial charge is 0.489 e. The van der Waals surface area contributed by atoms with Gasteiger partial charge in [0.25, 0.3) is 21.5 Å². The van der Waals surface area contributed by atoms with Crippen LogP contribution >= 0.6 is 0 Å². The molecule has 0 aliphatic rings. The fraction of sp³-hybridized carbons (Fsp3) is 0.190. The van der Waals surface area contributed by atoms with E-state index in [1.54, 1.807) is 12.1 Å². The Morgan fingerprint density at radius 2 is 1.81 bits per heavy atom. The smallest absolute Gasteiger partial charge is 0.280 e. The zero-order chi connectivity index (χ0) is 26.6. The van der Waals surface area contributed by atoms with Gasteiger partial charge in [-0.2, -0.15) is 9.97 Å². The molecule has 0 radical (unpaired) electrons. The molecule has 37 heavy (non-hydrogen) atoms. The average Bonchev–Trinajstić information content (AvgIpc) is 2.87. The number of methoxy groups -OCH3 is 2. The first kappa shape index (κ1) is 25.2. The van der Waals surface area contributed by atoms with Crippen molar-refractivity contribution in [3.63, 3.8) is 0 Å². The zero-order valence-corrected chi connectivity index (χ0v) is 20.6. The molecule has 0 aliphatic heterocycles. The van der Waals surface area contributed by atoms with Crippen LogP contribution in [-0.2, 0) is 21.4 Å². The van der Waals surface area contributed by atoms with Crippen LogP contribution in [0.15, 0.2) is 46.5 Å². The lowest BCUT2D eigenvalue weighted by Crippen LogP contribution is -2.18. The summed E-state index contributed by atoms with van der Waals surface area (Å²) in [5.74, 6) is -0.354. The number of benzene rings is 1. The maximum atomic E-state index is 12.8. The summed E-state index contributed by atoms with van der Waals surface area (Å²) in [4.78, 5) is 46.1. The summed E-state index contributed by atoms with van der Waals surface area (Å²) in [7, 11) is -1.28. The van der Waals surface area contributed by atoms with E-state index in [2.05, 4.69) is 45.3 Å². The second-order valence-electron chi connectivity index (χ2n) is 7.38. The molecule has 0 unspecified atom stereocenters. The highest BCUT2D eigenvalue weighted by molar-refractivity contribution is 7.92. The van der Waals surface area contributed by atoms with Crippen molar-refractivity contribution in [2.75, 3.05) is 29.6 Å². The Balaban J connectivity index is 1.46. The fourth-order valence-electron chi connectivity index (χ4n) is 3.16. The molecule has 192 valence electrons. The standard InChI is InChI=1S/C21H21N9O6S/c1-11(31)26-21-28-17-15(19(32)29-21)27-13(9-23-17)8-22-12-4-6-14(7-5-12)37(33,34)30-18-16(35-2)20(36-3)25-10-24-18/h4-7,9-10,22H,8H2,1-3H3,(H,24,25,30)(H2,23,26,28,29,31,32). The van der Waals surface area contributed by atoms with E-state index in [0.717, 1.165) is 6.33 Å². The SMILES string of the molecule is COc1ncnc(NS(=O)(=O)c2ccc(NCc3cnc4nc(NC(C)=O)[nH]c(=O)c4n3)cc2)c1OC. The van der Waals surface area contributed by atoms with E-state index in [4.69, 9.17) is 9.47 Å². The third-order valence-electron chi connectivity index (χ3n) is 4.80. The number of ether oxygens (including phenoxy) is 2. The van der Waals surface area contributed by atoms with Gasteiger partial charge in [0.2, 0.25) is 17.6 Å². The van der Waals surface area contributed by atoms with Gasteiger partial charge in [-0.1, -0.05) is 0 Å². The second-order valence-corrected chi connectivity index (χ2v) is 9.06. The number of amides is 1. The Kier molecular flexibility index (Phi) is 7.10. The van der Waals surface area contributed by atoms with Gasteiger partial charge in [0.05, 0.1) is 37.6 Å². The molecule has 4 aromatic rings. The predicted octanol–water partition coefficient (Wildman–Crippen LogP) is 0.892. The van der Waals surface area contributed by atoms with Gasteiger partial charge in [-0.05, 0) is 24.3 Å². The number of sulfonamides is 1. The summed E-state index contributed by atoms with van der Waals surface area (Å²) in [6.45, 7) is 1.48. The van der Waals surface area contributed by atoms with Gasteiger partial charge in [-0.15, -0.1) is 0 Å². The third kappa shape index (κ3) is 5.69. The second kappa shape index (κ2) is 10.4. The predicted molar refractivity (Wildman–Crippen MR) is 132 cm³/mol. The summed E-state index contributed by atoms with van der Waals surface area (Å²) in [5, 5.41) is 5.47. The molecule has 0 bridgehead atoms. The van der Waals surface area contributed by atoms with Crippen LogP contribution in [0, 0.1) is 0 Å². The molecule has 4 N–H and O–H groups in total. The van der Waals surface area contributed by atoms with Crippen LogP contribution in [-0.4, -0.2) is 58.4 Å². The molecule has 0 fully saturated rings. The summed E-state index contributed by atoms with van der Waals surface area (Å²) in [6, 6.07) is 5.93. The van der Waals surface area contributed by atoms with Crippen molar-refractivity contribution in [2.45, 2.75) is 18.4 Å². The molecule has 3 aromatic heterocycles. The molecule has 15 nitrogen and oxygen atoms in total. The number of hydrogen-bond donors (Lipinski definition) is 4. The molecule has 1 amide bonds. The quantitative estimate of drug-likeness (QED) is 0.240. The van der Waals surface area contributed by atoms with Crippen molar-refractivity contribution in [1.29, 1.82) is 0 Å². The molecule has 0 spiro atoms. The molecule has 1 aromatic carbocycles. The van der Waals surface area contributed by atoms with Crippen LogP contribution in [0.1, 0.15) is 12.6 Å². The van der Waals surface area contributed by atoms with Gasteiger partial charge in [0, 0.05) is 12.6 Å². The lowest BCUT2D eigenvalue weighted by Gasteiger charge is -2.13. The number of aromatic nitrogens is 6. The number of aromatic amines is 1. The van der Waals surface area contributed by atoms with E-state index in [1.165, 1.54) is 39.5 Å². The number of nitrogens with one attached hydrogen (secondary N) is 4. The van der Waals surface area contributed by atoms with Crippen LogP contribution in [0.25, 0.3) is 11.2 Å². The van der Waals surface area contributed by atoms with Crippen LogP contribution in [0.5, 0.6) is 11.6 Å². The molecule has 0 saturated heterocycles. The van der Waals surface area contributed by atoms with Crippen LogP contribution in [0.4, 0.5) is 17.5 Å². The maximum Gasteiger partial charge on any atom is 0.280 e. The van der Waals surface area contributed by atoms with Gasteiger partial charge < -0.3 is 14.8 Å². The first-order valence-corrected chi connectivity index (χ1v) is 12.0. The average molecular weight is 528 g/mol. The minimum atomic E-state index is -3.99. The Hall–Kier alpha value is -4.86. The number of fused-ring (bicyclic) bond motifs is 1. The summed E-state index contributed by atoms with van der Waals surface area (Å²) in [6.07, 6.45) is 2.58. The molecule has 0 atom stereocenters. The van der Waals surface area contributed by atoms with E-state index in [1.807, 2.05) is 0 Å². The first-order valence-electron chi connectivity index (χ1n) is 10.5. The lowest BCUT2D eigenvalue weighted by molar-refractivity contribution is -0.114. The van der Waals surface area contributed by atoms with Crippen LogP contribution in [0.3, 0.4) is 0 Å². The van der Waals surface area contributed by atoms with E-state index < -0.39 is 15.6 Å². The van der Waals surface area contributed by atoms with E-state index in [9.17, 15) is 18.0 Å². The van der Waals surface area contributed by atoms with Crippen molar-refractivity contribution in [1.82, 2.24) is 29.9 Å². The first-order chi connectivity index (χ1) is 17.7. The highest BCUT2D eigenvalue weighted by atomic mass is 32.2. The minimum absolute atomic E-state index is 0.0118. The van der Waals surface area contributed by atoms with Gasteiger partial charge in [0.15, 0.2) is 17.0 Å². The molecular formula is C21H21N9O6S. The number of carbonyl (C=O) groups excluding carboxylic acids is 1. The summed E-state index contributed by atoms with van der Waals surface area (Å²) < 4.78 is 38.2. The number of rotatable bonds is 9. The highest BCUT2D eigenvalue weighted by Crippen LogP contribution is 2.32. The number of nitrogens with zero attached hydrogens (tertiary/aromatic N) is 5. The molecule has 4 rings (SSSR count). The van der Waals surface area contributed by atoms with Gasteiger partial charge in [-0.25, -0.2) is 23.4 Å². The van der Waals surface area contributed by atoms with Gasteiger partial charge in [0.1, 0.15) is 6.33 Å². The fourth-order valence-corrected chi connectivity index (χ4v) is 4.17. The van der Waals surface area contributed by atoms with Crippen molar-refractivity contribution < 1.29 is 22.7 Å². The van der Waals surface area contributed by atoms with Crippen molar-refractivity contribution in [2.24, 2.45) is 0 Å². The van der Waals surface area contributed by atoms with Crippen molar-refractivity contribution in [3.05, 3.63) is 52.8 Å². The normalized spacial score (nSPS) is 11.1. The van der Waals surface area contributed by atoms with Crippen LogP contribution < -0.4 is 30.4 Å². The molecule has 0 saturated carbocycles. The maximum absolute atomic E-state index is 12.8. The van der Waals surface area contributed by atoms with Gasteiger partial charge in [-0.3, -0.25) is 24.6 Å². The minimum Gasteiger partial charge on any atom is -0.489 e. The van der Waals surface area contributed by atoms with Crippen LogP contribution in [0.2, 0.25) is 0 Å². The number of hydrogen-bond acceptors (Lipinski definition) is 12. The summed E-state index contributed by atoms with van der Waals surface area (Å²) >= 11 is 0. The molecular weight excluding hydrogens is 506 g/mol. The number of anilines is 3. The Labute approximate surface area is 209 Å². The zero-order valence-electron chi connectivity index (χ0n) is 19.8. The Bertz CT molecular complexity index is 1620. The molecule has 3 heterocycles. The van der Waals surface area contributed by atoms with E-state index in [0.29, 0.717) is 11.4 Å². The number of H-pyrrole nitrogens is 1. The molecule has 16 heteroatoms. The van der Waals surface area contributed by atoms with E-state index >= 15 is 0 Å². The lowest BCUT2D eigenvalue weighted by atomic mass is 10.3. The monoisotopic (exact) mass is 527 g/mol. The third-order valence-corrected chi connectivity index (χ3v) is 6.15. The Morgan fingerprint density at radius 3 is 2.49 bits per heavy atom. The van der Waals surface area contributed by atoms with Crippen molar-refractivity contribution in [3.8, 4) is 11.6 Å². The van der Waals surface area contributed by atoms with Crippen molar-refractivity contribution >= 4 is 44.5 Å². The highest BCUT2D eigenvalue weighted by Gasteiger charge is 2.20. The number of carbonyl (C=O) groups is 1. The summed E-state index contributed by atoms with van der Waals surface area (Å²) in [5.41, 5.74) is 0.572.